The van der Waals surface area contributed by atoms with Crippen LogP contribution in [0.5, 0.6) is 5.88 Å². The second-order valence-corrected chi connectivity index (χ2v) is 4.59. The number of ether oxygens (including phenoxy) is 1. The SMILES string of the molecule is COc1cncc(NCc2ccc(-c3ccncc3)nc2)n1. The Morgan fingerprint density at radius 2 is 1.86 bits per heavy atom. The summed E-state index contributed by atoms with van der Waals surface area (Å²) in [5.41, 5.74) is 3.03. The summed E-state index contributed by atoms with van der Waals surface area (Å²) < 4.78 is 5.04. The number of aromatic nitrogens is 4. The van der Waals surface area contributed by atoms with Gasteiger partial charge in [0.2, 0.25) is 5.88 Å². The number of anilines is 1. The summed E-state index contributed by atoms with van der Waals surface area (Å²) in [7, 11) is 1.57. The van der Waals surface area contributed by atoms with Gasteiger partial charge in [0.05, 0.1) is 25.2 Å². The second-order valence-electron chi connectivity index (χ2n) is 4.59. The van der Waals surface area contributed by atoms with Crippen molar-refractivity contribution in [1.82, 2.24) is 19.9 Å². The third kappa shape index (κ3) is 3.35. The third-order valence-electron chi connectivity index (χ3n) is 3.10. The van der Waals surface area contributed by atoms with Gasteiger partial charge in [0, 0.05) is 30.7 Å². The average molecular weight is 293 g/mol. The zero-order valence-corrected chi connectivity index (χ0v) is 12.1. The molecule has 0 aliphatic carbocycles. The van der Waals surface area contributed by atoms with Gasteiger partial charge in [-0.2, -0.15) is 4.98 Å². The number of methoxy groups -OCH3 is 1. The molecule has 22 heavy (non-hydrogen) atoms. The lowest BCUT2D eigenvalue weighted by Crippen LogP contribution is -2.03. The number of hydrogen-bond donors (Lipinski definition) is 1. The van der Waals surface area contributed by atoms with E-state index in [1.54, 1.807) is 31.9 Å². The summed E-state index contributed by atoms with van der Waals surface area (Å²) in [4.78, 5) is 16.8. The van der Waals surface area contributed by atoms with E-state index in [9.17, 15) is 0 Å². The molecule has 1 N–H and O–H groups in total. The Balaban J connectivity index is 1.66. The van der Waals surface area contributed by atoms with Gasteiger partial charge in [0.1, 0.15) is 5.82 Å². The molecule has 0 atom stereocenters. The van der Waals surface area contributed by atoms with Gasteiger partial charge in [0.15, 0.2) is 0 Å². The Hall–Kier alpha value is -3.02. The lowest BCUT2D eigenvalue weighted by Gasteiger charge is -2.07. The smallest absolute Gasteiger partial charge is 0.233 e. The molecule has 0 fully saturated rings. The van der Waals surface area contributed by atoms with Crippen molar-refractivity contribution in [2.24, 2.45) is 0 Å². The van der Waals surface area contributed by atoms with Crippen LogP contribution in [-0.4, -0.2) is 27.0 Å². The van der Waals surface area contributed by atoms with Crippen LogP contribution >= 0.6 is 0 Å². The summed E-state index contributed by atoms with van der Waals surface area (Å²) in [6, 6.07) is 7.89. The van der Waals surface area contributed by atoms with Gasteiger partial charge in [-0.15, -0.1) is 0 Å². The Morgan fingerprint density at radius 3 is 2.59 bits per heavy atom. The van der Waals surface area contributed by atoms with E-state index in [2.05, 4.69) is 25.3 Å². The predicted molar refractivity (Wildman–Crippen MR) is 83.4 cm³/mol. The molecule has 0 aliphatic rings. The van der Waals surface area contributed by atoms with Gasteiger partial charge in [-0.1, -0.05) is 6.07 Å². The quantitative estimate of drug-likeness (QED) is 0.779. The maximum atomic E-state index is 5.04. The molecule has 0 spiro atoms. The number of rotatable bonds is 5. The molecule has 3 rings (SSSR count). The summed E-state index contributed by atoms with van der Waals surface area (Å²) >= 11 is 0. The Kier molecular flexibility index (Phi) is 4.20. The molecular weight excluding hydrogens is 278 g/mol. The van der Waals surface area contributed by atoms with E-state index in [1.165, 1.54) is 0 Å². The fourth-order valence-corrected chi connectivity index (χ4v) is 1.95. The van der Waals surface area contributed by atoms with Crippen LogP contribution in [0.15, 0.2) is 55.2 Å². The van der Waals surface area contributed by atoms with Crippen LogP contribution in [0.25, 0.3) is 11.3 Å². The van der Waals surface area contributed by atoms with Gasteiger partial charge in [-0.25, -0.2) is 0 Å². The van der Waals surface area contributed by atoms with Crippen molar-refractivity contribution in [1.29, 1.82) is 0 Å². The molecule has 0 aromatic carbocycles. The maximum Gasteiger partial charge on any atom is 0.233 e. The maximum absolute atomic E-state index is 5.04. The van der Waals surface area contributed by atoms with Crippen molar-refractivity contribution in [3.05, 3.63) is 60.8 Å². The molecule has 3 aromatic heterocycles. The fraction of sp³-hybridized carbons (Fsp3) is 0.125. The van der Waals surface area contributed by atoms with Gasteiger partial charge >= 0.3 is 0 Å². The van der Waals surface area contributed by atoms with Crippen molar-refractivity contribution in [2.75, 3.05) is 12.4 Å². The molecule has 3 heterocycles. The highest BCUT2D eigenvalue weighted by molar-refractivity contribution is 5.58. The summed E-state index contributed by atoms with van der Waals surface area (Å²) in [5.74, 6) is 1.15. The highest BCUT2D eigenvalue weighted by Gasteiger charge is 2.01. The van der Waals surface area contributed by atoms with Crippen molar-refractivity contribution in [3.8, 4) is 17.1 Å². The number of pyridine rings is 2. The number of hydrogen-bond acceptors (Lipinski definition) is 6. The van der Waals surface area contributed by atoms with Crippen LogP contribution in [0, 0.1) is 0 Å². The average Bonchev–Trinajstić information content (AvgIpc) is 2.61. The van der Waals surface area contributed by atoms with E-state index >= 15 is 0 Å². The lowest BCUT2D eigenvalue weighted by atomic mass is 10.1. The molecule has 6 heteroatoms. The topological polar surface area (TPSA) is 72.8 Å². The molecule has 3 aromatic rings. The Labute approximate surface area is 128 Å². The summed E-state index contributed by atoms with van der Waals surface area (Å²) in [6.45, 7) is 0.617. The van der Waals surface area contributed by atoms with Crippen LogP contribution in [-0.2, 0) is 6.54 Å². The molecule has 0 saturated carbocycles. The molecule has 0 bridgehead atoms. The normalized spacial score (nSPS) is 10.2. The first-order valence-electron chi connectivity index (χ1n) is 6.80. The predicted octanol–water partition coefficient (Wildman–Crippen LogP) is 2.55. The van der Waals surface area contributed by atoms with Crippen molar-refractivity contribution >= 4 is 5.82 Å². The largest absolute Gasteiger partial charge is 0.480 e. The van der Waals surface area contributed by atoms with Crippen LogP contribution in [0.2, 0.25) is 0 Å². The molecule has 0 unspecified atom stereocenters. The van der Waals surface area contributed by atoms with Crippen molar-refractivity contribution in [3.63, 3.8) is 0 Å². The van der Waals surface area contributed by atoms with Gasteiger partial charge in [-0.3, -0.25) is 15.0 Å². The van der Waals surface area contributed by atoms with Crippen molar-refractivity contribution < 1.29 is 4.74 Å². The third-order valence-corrected chi connectivity index (χ3v) is 3.10. The summed E-state index contributed by atoms with van der Waals surface area (Å²) in [5, 5.41) is 3.19. The van der Waals surface area contributed by atoms with Gasteiger partial charge in [-0.05, 0) is 23.8 Å². The first kappa shape index (κ1) is 13.9. The van der Waals surface area contributed by atoms with E-state index in [4.69, 9.17) is 4.74 Å². The van der Waals surface area contributed by atoms with E-state index < -0.39 is 0 Å². The van der Waals surface area contributed by atoms with Crippen molar-refractivity contribution in [2.45, 2.75) is 6.54 Å². The minimum absolute atomic E-state index is 0.483. The monoisotopic (exact) mass is 293 g/mol. The Bertz CT molecular complexity index is 731. The molecule has 6 nitrogen and oxygen atoms in total. The minimum Gasteiger partial charge on any atom is -0.480 e. The Morgan fingerprint density at radius 1 is 1.00 bits per heavy atom. The van der Waals surface area contributed by atoms with Crippen LogP contribution in [0.3, 0.4) is 0 Å². The van der Waals surface area contributed by atoms with E-state index in [0.717, 1.165) is 16.8 Å². The van der Waals surface area contributed by atoms with E-state index in [-0.39, 0.29) is 0 Å². The van der Waals surface area contributed by atoms with E-state index in [0.29, 0.717) is 18.2 Å². The number of nitrogens with zero attached hydrogens (tertiary/aromatic N) is 4. The highest BCUT2D eigenvalue weighted by Crippen LogP contribution is 2.16. The highest BCUT2D eigenvalue weighted by atomic mass is 16.5. The molecule has 110 valence electrons. The van der Waals surface area contributed by atoms with Crippen LogP contribution < -0.4 is 10.1 Å². The molecular formula is C16H15N5O. The van der Waals surface area contributed by atoms with Crippen LogP contribution in [0.4, 0.5) is 5.82 Å². The zero-order chi connectivity index (χ0) is 15.2. The van der Waals surface area contributed by atoms with E-state index in [1.807, 2.05) is 30.5 Å². The molecule has 0 radical (unpaired) electrons. The standard InChI is InChI=1S/C16H15N5O/c1-22-16-11-18-10-15(21-16)20-9-12-2-3-14(19-8-12)13-4-6-17-7-5-13/h2-8,10-11H,9H2,1H3,(H,20,21). The molecule has 0 aliphatic heterocycles. The first-order valence-corrected chi connectivity index (χ1v) is 6.80. The molecule has 0 saturated heterocycles. The lowest BCUT2D eigenvalue weighted by molar-refractivity contribution is 0.396. The van der Waals surface area contributed by atoms with Gasteiger partial charge in [0.25, 0.3) is 0 Å². The second kappa shape index (κ2) is 6.62. The fourth-order valence-electron chi connectivity index (χ4n) is 1.95. The first-order chi connectivity index (χ1) is 10.8. The minimum atomic E-state index is 0.483. The molecule has 0 amide bonds. The summed E-state index contributed by atoms with van der Waals surface area (Å²) in [6.07, 6.45) is 8.58. The number of nitrogens with one attached hydrogen (secondary N) is 1. The van der Waals surface area contributed by atoms with Gasteiger partial charge < -0.3 is 10.1 Å². The zero-order valence-electron chi connectivity index (χ0n) is 12.1. The van der Waals surface area contributed by atoms with Crippen LogP contribution in [0.1, 0.15) is 5.56 Å².